The van der Waals surface area contributed by atoms with Gasteiger partial charge in [-0.1, -0.05) is 30.7 Å². The first-order valence-corrected chi connectivity index (χ1v) is 9.35. The topological polar surface area (TPSA) is 89.2 Å². The van der Waals surface area contributed by atoms with Gasteiger partial charge in [0, 0.05) is 5.69 Å². The molecule has 27 heavy (non-hydrogen) atoms. The van der Waals surface area contributed by atoms with Crippen molar-refractivity contribution in [1.82, 2.24) is 0 Å². The largest absolute Gasteiger partial charge is 0.497 e. The second kappa shape index (κ2) is 6.95. The number of hydrogen-bond acceptors (Lipinski definition) is 6. The maximum atomic E-state index is 6.29. The van der Waals surface area contributed by atoms with Gasteiger partial charge in [-0.05, 0) is 61.1 Å². The Morgan fingerprint density at radius 3 is 2.41 bits per heavy atom. The Morgan fingerprint density at radius 2 is 1.70 bits per heavy atom. The van der Waals surface area contributed by atoms with Crippen LogP contribution in [0, 0.1) is 0 Å². The Bertz CT molecular complexity index is 882. The van der Waals surface area contributed by atoms with Crippen LogP contribution in [0.15, 0.2) is 58.5 Å². The summed E-state index contributed by atoms with van der Waals surface area (Å²) < 4.78 is 5.33. The van der Waals surface area contributed by atoms with E-state index in [1.165, 1.54) is 6.42 Å². The second-order valence-corrected chi connectivity index (χ2v) is 7.10. The monoisotopic (exact) mass is 363 g/mol. The summed E-state index contributed by atoms with van der Waals surface area (Å²) in [4.78, 5) is 11.0. The average molecular weight is 363 g/mol. The minimum absolute atomic E-state index is 0.277. The van der Waals surface area contributed by atoms with E-state index in [0.717, 1.165) is 48.2 Å². The van der Waals surface area contributed by atoms with Gasteiger partial charge in [-0.15, -0.1) is 0 Å². The molecule has 0 saturated heterocycles. The van der Waals surface area contributed by atoms with Gasteiger partial charge >= 0.3 is 0 Å². The van der Waals surface area contributed by atoms with Crippen molar-refractivity contribution in [2.24, 2.45) is 21.5 Å². The first-order chi connectivity index (χ1) is 13.1. The van der Waals surface area contributed by atoms with Crippen LogP contribution in [0.25, 0.3) is 11.1 Å². The van der Waals surface area contributed by atoms with Crippen molar-refractivity contribution in [3.8, 4) is 16.9 Å². The van der Waals surface area contributed by atoms with E-state index in [1.54, 1.807) is 7.11 Å². The summed E-state index contributed by atoms with van der Waals surface area (Å²) in [7, 11) is 1.68. The molecule has 1 heterocycles. The predicted octanol–water partition coefficient (Wildman–Crippen LogP) is 3.47. The molecule has 0 unspecified atom stereocenters. The van der Waals surface area contributed by atoms with Gasteiger partial charge in [-0.2, -0.15) is 4.99 Å². The lowest BCUT2D eigenvalue weighted by Crippen LogP contribution is -2.58. The molecule has 1 fully saturated rings. The Kier molecular flexibility index (Phi) is 4.48. The molecular weight excluding hydrogens is 338 g/mol. The molecule has 2 aromatic carbocycles. The zero-order valence-corrected chi connectivity index (χ0v) is 15.6. The summed E-state index contributed by atoms with van der Waals surface area (Å²) in [6.45, 7) is 0. The molecule has 0 amide bonds. The van der Waals surface area contributed by atoms with Crippen molar-refractivity contribution in [3.05, 3.63) is 48.5 Å². The third-order valence-corrected chi connectivity index (χ3v) is 5.38. The first kappa shape index (κ1) is 17.4. The molecule has 0 radical (unpaired) electrons. The molecule has 0 aromatic heterocycles. The van der Waals surface area contributed by atoms with E-state index in [9.17, 15) is 0 Å². The molecule has 140 valence electrons. The fourth-order valence-corrected chi connectivity index (χ4v) is 4.10. The minimum Gasteiger partial charge on any atom is -0.497 e. The molecule has 1 aliphatic heterocycles. The fourth-order valence-electron chi connectivity index (χ4n) is 4.10. The van der Waals surface area contributed by atoms with Crippen molar-refractivity contribution in [1.29, 1.82) is 0 Å². The zero-order chi connectivity index (χ0) is 18.9. The Balaban J connectivity index is 1.68. The van der Waals surface area contributed by atoms with Crippen LogP contribution >= 0.6 is 0 Å². The molecule has 1 saturated carbocycles. The third-order valence-electron chi connectivity index (χ3n) is 5.38. The van der Waals surface area contributed by atoms with Gasteiger partial charge in [-0.3, -0.25) is 4.90 Å². The number of guanidine groups is 2. The zero-order valence-electron chi connectivity index (χ0n) is 15.6. The lowest BCUT2D eigenvalue weighted by atomic mass is 9.87. The van der Waals surface area contributed by atoms with Gasteiger partial charge < -0.3 is 16.2 Å². The van der Waals surface area contributed by atoms with E-state index in [-0.39, 0.29) is 5.96 Å². The minimum atomic E-state index is -0.411. The number of ether oxygens (including phenoxy) is 1. The molecular formula is C21H25N5O. The second-order valence-electron chi connectivity index (χ2n) is 7.10. The standard InChI is InChI=1S/C21H25N5O/c1-27-18-7-5-6-16(14-18)15-8-10-17(11-9-15)26-20(23)24-19(22)25-21(26)12-3-2-4-13-21/h5-11,14H,2-4,12-13H2,1H3,(H4,22,23,24,25). The van der Waals surface area contributed by atoms with Gasteiger partial charge in [0.15, 0.2) is 0 Å². The van der Waals surface area contributed by atoms with Crippen molar-refractivity contribution in [2.45, 2.75) is 37.8 Å². The van der Waals surface area contributed by atoms with Crippen LogP contribution in [0.3, 0.4) is 0 Å². The molecule has 0 bridgehead atoms. The molecule has 4 rings (SSSR count). The molecule has 2 aliphatic rings. The molecule has 4 N–H and O–H groups in total. The number of methoxy groups -OCH3 is 1. The van der Waals surface area contributed by atoms with E-state index in [1.807, 2.05) is 18.2 Å². The van der Waals surface area contributed by atoms with Crippen molar-refractivity contribution in [3.63, 3.8) is 0 Å². The van der Waals surface area contributed by atoms with E-state index >= 15 is 0 Å². The number of nitrogens with zero attached hydrogens (tertiary/aromatic N) is 3. The summed E-state index contributed by atoms with van der Waals surface area (Å²) in [6, 6.07) is 16.4. The summed E-state index contributed by atoms with van der Waals surface area (Å²) in [5, 5.41) is 0. The number of rotatable bonds is 3. The van der Waals surface area contributed by atoms with Crippen molar-refractivity contribution >= 4 is 17.6 Å². The third kappa shape index (κ3) is 3.23. The normalized spacial score (nSPS) is 18.8. The van der Waals surface area contributed by atoms with Crippen molar-refractivity contribution in [2.75, 3.05) is 12.0 Å². The highest BCUT2D eigenvalue weighted by molar-refractivity contribution is 6.05. The van der Waals surface area contributed by atoms with Crippen LogP contribution in [-0.4, -0.2) is 24.7 Å². The van der Waals surface area contributed by atoms with Crippen molar-refractivity contribution < 1.29 is 4.74 Å². The first-order valence-electron chi connectivity index (χ1n) is 9.35. The summed E-state index contributed by atoms with van der Waals surface area (Å²) in [5.74, 6) is 1.53. The number of hydrogen-bond donors (Lipinski definition) is 2. The Labute approximate surface area is 159 Å². The molecule has 1 aliphatic carbocycles. The van der Waals surface area contributed by atoms with Gasteiger partial charge in [0.05, 0.1) is 7.11 Å². The van der Waals surface area contributed by atoms with E-state index in [2.05, 4.69) is 40.2 Å². The number of aliphatic imine (C=N–C) groups is 2. The number of nitrogens with two attached hydrogens (primary N) is 2. The molecule has 1 spiro atoms. The maximum Gasteiger partial charge on any atom is 0.220 e. The van der Waals surface area contributed by atoms with Crippen LogP contribution in [0.4, 0.5) is 5.69 Å². The SMILES string of the molecule is COc1cccc(-c2ccc(N3C(N)=NC(N)=NC34CCCCC4)cc2)c1. The molecule has 6 nitrogen and oxygen atoms in total. The lowest BCUT2D eigenvalue weighted by Gasteiger charge is -2.45. The highest BCUT2D eigenvalue weighted by atomic mass is 16.5. The van der Waals surface area contributed by atoms with Crippen LogP contribution < -0.4 is 21.1 Å². The van der Waals surface area contributed by atoms with E-state index in [0.29, 0.717) is 5.96 Å². The quantitative estimate of drug-likeness (QED) is 0.874. The smallest absolute Gasteiger partial charge is 0.220 e. The number of anilines is 1. The lowest BCUT2D eigenvalue weighted by molar-refractivity contribution is 0.305. The van der Waals surface area contributed by atoms with Gasteiger partial charge in [0.2, 0.25) is 11.9 Å². The summed E-state index contributed by atoms with van der Waals surface area (Å²) in [5.41, 5.74) is 15.0. The summed E-state index contributed by atoms with van der Waals surface area (Å²) in [6.07, 6.45) is 5.31. The van der Waals surface area contributed by atoms with Gasteiger partial charge in [0.1, 0.15) is 11.4 Å². The molecule has 0 atom stereocenters. The van der Waals surface area contributed by atoms with Crippen LogP contribution in [-0.2, 0) is 0 Å². The molecule has 6 heteroatoms. The predicted molar refractivity (Wildman–Crippen MR) is 110 cm³/mol. The maximum absolute atomic E-state index is 6.29. The van der Waals surface area contributed by atoms with Gasteiger partial charge in [0.25, 0.3) is 0 Å². The highest BCUT2D eigenvalue weighted by Gasteiger charge is 2.42. The number of benzene rings is 2. The van der Waals surface area contributed by atoms with Crippen LogP contribution in [0.1, 0.15) is 32.1 Å². The van der Waals surface area contributed by atoms with Gasteiger partial charge in [-0.25, -0.2) is 4.99 Å². The Hall–Kier alpha value is -3.02. The molecule has 2 aromatic rings. The van der Waals surface area contributed by atoms with Crippen LogP contribution in [0.5, 0.6) is 5.75 Å². The van der Waals surface area contributed by atoms with E-state index < -0.39 is 5.66 Å². The average Bonchev–Trinajstić information content (AvgIpc) is 2.68. The Morgan fingerprint density at radius 1 is 0.963 bits per heavy atom. The van der Waals surface area contributed by atoms with Crippen LogP contribution in [0.2, 0.25) is 0 Å². The highest BCUT2D eigenvalue weighted by Crippen LogP contribution is 2.39. The van der Waals surface area contributed by atoms with E-state index in [4.69, 9.17) is 21.2 Å². The summed E-state index contributed by atoms with van der Waals surface area (Å²) >= 11 is 0. The fraction of sp³-hybridized carbons (Fsp3) is 0.333.